The van der Waals surface area contributed by atoms with E-state index in [-0.39, 0.29) is 84.8 Å². The van der Waals surface area contributed by atoms with Gasteiger partial charge >= 0.3 is 46.3 Å². The fourth-order valence-corrected chi connectivity index (χ4v) is 6.72. The van der Waals surface area contributed by atoms with Gasteiger partial charge < -0.3 is 20.6 Å². The van der Waals surface area contributed by atoms with Crippen LogP contribution in [0.25, 0.3) is 16.5 Å². The first-order chi connectivity index (χ1) is 26.9. The van der Waals surface area contributed by atoms with Crippen LogP contribution in [0.2, 0.25) is 5.02 Å². The molecule has 0 atom stereocenters. The van der Waals surface area contributed by atoms with Crippen LogP contribution in [-0.4, -0.2) is 46.6 Å². The zero-order valence-electron chi connectivity index (χ0n) is 31.6. The van der Waals surface area contributed by atoms with E-state index in [1.165, 1.54) is 37.8 Å². The molecular weight excluding hydrogens is 884 g/mol. The fourth-order valence-electron chi connectivity index (χ4n) is 5.09. The summed E-state index contributed by atoms with van der Waals surface area (Å²) < 4.78 is 53.2. The molecule has 0 fully saturated rings. The number of rotatable bonds is 10. The van der Waals surface area contributed by atoms with E-state index >= 15 is 0 Å². The predicted octanol–water partition coefficient (Wildman–Crippen LogP) is 1.79. The zero-order valence-corrected chi connectivity index (χ0v) is 37.0. The summed E-state index contributed by atoms with van der Waals surface area (Å²) in [4.78, 5) is 23.8. The van der Waals surface area contributed by atoms with Gasteiger partial charge in [0.2, 0.25) is 26.0 Å². The van der Waals surface area contributed by atoms with E-state index in [1.54, 1.807) is 55.5 Å². The molecule has 5 aromatic carbocycles. The van der Waals surface area contributed by atoms with Crippen LogP contribution >= 0.6 is 11.6 Å². The maximum Gasteiger partial charge on any atom is 3.00 e. The Morgan fingerprint density at radius 3 is 1.75 bits per heavy atom. The molecule has 4 N–H and O–H groups in total. The third-order valence-electron chi connectivity index (χ3n) is 7.95. The van der Waals surface area contributed by atoms with E-state index in [1.807, 2.05) is 0 Å². The molecule has 18 nitrogen and oxygen atoms in total. The summed E-state index contributed by atoms with van der Waals surface area (Å²) in [6.07, 6.45) is 0. The summed E-state index contributed by atoms with van der Waals surface area (Å²) in [7, 11) is -5.03. The molecule has 0 radical (unpaired) electrons. The maximum atomic E-state index is 12.6. The molecule has 0 unspecified atom stereocenters. The van der Waals surface area contributed by atoms with Gasteiger partial charge in [-0.25, -0.2) is 31.0 Å². The molecule has 0 bridgehead atoms. The number of hydrogen-bond donors (Lipinski definition) is 4. The summed E-state index contributed by atoms with van der Waals surface area (Å²) in [5.41, 5.74) is 0.347. The van der Waals surface area contributed by atoms with Crippen LogP contribution in [-0.2, 0) is 41.6 Å². The fraction of sp³-hybridized carbons (Fsp3) is 0.111. The molecular formula is C36H31ClCoN9NaO9S2+. The Morgan fingerprint density at radius 2 is 1.24 bits per heavy atom. The van der Waals surface area contributed by atoms with Gasteiger partial charge in [0.05, 0.1) is 43.9 Å². The number of amides is 1. The van der Waals surface area contributed by atoms with Gasteiger partial charge in [-0.1, -0.05) is 65.2 Å². The number of carbonyl (C=O) groups excluding carboxylic acids is 1. The van der Waals surface area contributed by atoms with Crippen LogP contribution in [0.4, 0.5) is 28.4 Å². The summed E-state index contributed by atoms with van der Waals surface area (Å²) in [6.45, 7) is 2.96. The first-order valence-electron chi connectivity index (χ1n) is 16.4. The normalized spacial score (nSPS) is 11.5. The van der Waals surface area contributed by atoms with E-state index in [2.05, 4.69) is 40.3 Å². The van der Waals surface area contributed by atoms with Gasteiger partial charge in [0.25, 0.3) is 5.56 Å². The van der Waals surface area contributed by atoms with Gasteiger partial charge in [-0.3, -0.25) is 14.7 Å². The van der Waals surface area contributed by atoms with E-state index in [0.29, 0.717) is 32.9 Å². The summed E-state index contributed by atoms with van der Waals surface area (Å²) in [5, 5.41) is 58.9. The minimum Gasteiger partial charge on any atom is -0.871 e. The Kier molecular flexibility index (Phi) is 16.7. The van der Waals surface area contributed by atoms with Crippen molar-refractivity contribution in [1.29, 1.82) is 0 Å². The predicted molar refractivity (Wildman–Crippen MR) is 206 cm³/mol. The summed E-state index contributed by atoms with van der Waals surface area (Å²) >= 11 is 5.86. The number of sulfonamides is 2. The number of azo groups is 2. The number of halogens is 1. The van der Waals surface area contributed by atoms with Gasteiger partial charge in [0.15, 0.2) is 5.69 Å². The summed E-state index contributed by atoms with van der Waals surface area (Å²) in [5.74, 6) is -1.88. The largest absolute Gasteiger partial charge is 3.00 e. The number of nitrogens with one attached hydrogen (secondary N) is 4. The number of fused-ring (bicyclic) bond motifs is 1. The molecule has 6 aromatic rings. The van der Waals surface area contributed by atoms with Crippen LogP contribution in [0, 0.1) is 6.92 Å². The molecule has 0 saturated carbocycles. The third-order valence-corrected chi connectivity index (χ3v) is 11.0. The Bertz CT molecular complexity index is 2860. The number of aryl methyl sites for hydroxylation is 1. The van der Waals surface area contributed by atoms with Crippen molar-refractivity contribution in [2.75, 3.05) is 19.4 Å². The average molecular weight is 915 g/mol. The van der Waals surface area contributed by atoms with Crippen LogP contribution in [0.15, 0.2) is 126 Å². The summed E-state index contributed by atoms with van der Waals surface area (Å²) in [6, 6.07) is 21.1. The van der Waals surface area contributed by atoms with Crippen LogP contribution < -0.4 is 65.2 Å². The van der Waals surface area contributed by atoms with Crippen molar-refractivity contribution < 1.29 is 83.3 Å². The minimum absolute atomic E-state index is 0. The topological polar surface area (TPSA) is 278 Å². The van der Waals surface area contributed by atoms with Crippen LogP contribution in [0.5, 0.6) is 17.2 Å². The molecule has 1 heterocycles. The standard InChI is InChI=1S/C19H18N4O5S.C17H16ClN5O4S.Co.Na/c1-11(24)21-14-5-3-4-12-6-8-17(26)19(18(12)14)23-22-15-10-13(7-9-16(15)25)29(27,28)20-2;1-10-16(17(25)23(22-10)12-5-3-11(18)4-6-12)21-20-14-9-13(7-8-15(14)24)28(26,27)19-2;;/h3-10,20,25-26H,1-2H3,(H,21,24);3-9,19,22,24H,1-2H3;;/q;;+3;+1/p-3. The van der Waals surface area contributed by atoms with Gasteiger partial charge in [-0.15, -0.1) is 5.11 Å². The molecule has 0 saturated heterocycles. The van der Waals surface area contributed by atoms with E-state index in [4.69, 9.17) is 11.6 Å². The van der Waals surface area contributed by atoms with Crippen LogP contribution in [0.3, 0.4) is 0 Å². The monoisotopic (exact) mass is 914 g/mol. The third kappa shape index (κ3) is 11.4. The number of benzene rings is 5. The first kappa shape index (κ1) is 48.4. The number of carbonyl (C=O) groups is 1. The molecule has 23 heteroatoms. The SMILES string of the molecule is CNS(=O)(=O)c1ccc([O-])c(N=Nc2c(C)[nH]n(-c3ccc(Cl)cc3)c2=O)c1.CNS(=O)(=O)c1ccc([O-])c(N=Nc2c([O-])ccc3cccc(NC(C)=O)c23)c1.[Co+3].[Na+]. The van der Waals surface area contributed by atoms with Crippen molar-refractivity contribution in [2.45, 2.75) is 23.6 Å². The Labute approximate surface area is 375 Å². The number of aromatic amines is 1. The van der Waals surface area contributed by atoms with Crippen molar-refractivity contribution in [2.24, 2.45) is 20.5 Å². The zero-order chi connectivity index (χ0) is 41.7. The number of nitrogens with zero attached hydrogens (tertiary/aromatic N) is 5. The van der Waals surface area contributed by atoms with Crippen molar-refractivity contribution in [1.82, 2.24) is 19.2 Å². The van der Waals surface area contributed by atoms with Gasteiger partial charge in [0.1, 0.15) is 0 Å². The average Bonchev–Trinajstić information content (AvgIpc) is 3.46. The Hall–Kier alpha value is -4.94. The molecule has 1 amide bonds. The van der Waals surface area contributed by atoms with E-state index in [9.17, 15) is 41.7 Å². The second kappa shape index (κ2) is 20.3. The second-order valence-electron chi connectivity index (χ2n) is 11.8. The number of anilines is 1. The van der Waals surface area contributed by atoms with E-state index in [0.717, 1.165) is 30.3 Å². The van der Waals surface area contributed by atoms with Gasteiger partial charge in [0, 0.05) is 17.3 Å². The van der Waals surface area contributed by atoms with Crippen LogP contribution in [0.1, 0.15) is 12.6 Å². The molecule has 302 valence electrons. The van der Waals surface area contributed by atoms with E-state index < -0.39 is 42.9 Å². The first-order valence-corrected chi connectivity index (χ1v) is 19.7. The number of H-pyrrole nitrogens is 1. The number of aromatic nitrogens is 2. The molecule has 0 aliphatic heterocycles. The van der Waals surface area contributed by atoms with Crippen molar-refractivity contribution in [3.63, 3.8) is 0 Å². The maximum absolute atomic E-state index is 12.6. The Balaban J connectivity index is 0.000000305. The second-order valence-corrected chi connectivity index (χ2v) is 16.0. The molecule has 1 aromatic heterocycles. The Morgan fingerprint density at radius 1 is 0.729 bits per heavy atom. The quantitative estimate of drug-likeness (QED) is 0.115. The molecule has 0 spiro atoms. The number of hydrogen-bond acceptors (Lipinski definition) is 13. The molecule has 6 rings (SSSR count). The smallest absolute Gasteiger partial charge is 0.871 e. The molecule has 0 aliphatic carbocycles. The van der Waals surface area contributed by atoms with Gasteiger partial charge in [-0.2, -0.15) is 15.3 Å². The van der Waals surface area contributed by atoms with Crippen molar-refractivity contribution in [3.8, 4) is 22.9 Å². The molecule has 59 heavy (non-hydrogen) atoms. The van der Waals surface area contributed by atoms with Gasteiger partial charge in [-0.05, 0) is 81.0 Å². The van der Waals surface area contributed by atoms with Crippen molar-refractivity contribution >= 4 is 76.8 Å². The van der Waals surface area contributed by atoms with Crippen molar-refractivity contribution in [3.05, 3.63) is 112 Å². The molecule has 0 aliphatic rings. The minimum atomic E-state index is -3.78.